The molecule has 0 bridgehead atoms. The Morgan fingerprint density at radius 3 is 2.62 bits per heavy atom. The molecule has 2 heterocycles. The van der Waals surface area contributed by atoms with E-state index in [-0.39, 0.29) is 23.7 Å². The van der Waals surface area contributed by atoms with Crippen molar-refractivity contribution in [2.45, 2.75) is 47.1 Å². The second-order valence-corrected chi connectivity index (χ2v) is 6.26. The van der Waals surface area contributed by atoms with Crippen LogP contribution in [0.2, 0.25) is 0 Å². The topological polar surface area (TPSA) is 64.2 Å². The number of nitrogens with two attached hydrogens (primary N) is 1. The van der Waals surface area contributed by atoms with Gasteiger partial charge in [0.25, 0.3) is 5.91 Å². The molecule has 1 saturated heterocycles. The summed E-state index contributed by atoms with van der Waals surface area (Å²) in [5.74, 6) is 0.111. The van der Waals surface area contributed by atoms with Crippen molar-refractivity contribution in [3.05, 3.63) is 17.0 Å². The summed E-state index contributed by atoms with van der Waals surface area (Å²) in [6.07, 6.45) is 2.00. The van der Waals surface area contributed by atoms with Crippen LogP contribution >= 0.6 is 12.4 Å². The van der Waals surface area contributed by atoms with Gasteiger partial charge in [0.15, 0.2) is 0 Å². The Hall–Kier alpha value is -1.07. The molecule has 1 fully saturated rings. The Labute approximate surface area is 133 Å². The van der Waals surface area contributed by atoms with Crippen LogP contribution < -0.4 is 5.73 Å². The zero-order valence-electron chi connectivity index (χ0n) is 13.5. The molecule has 1 aromatic heterocycles. The summed E-state index contributed by atoms with van der Waals surface area (Å²) in [6, 6.07) is 0. The minimum atomic E-state index is 0. The SMILES string of the molecule is CCCn1nc(C)c(C(=O)N2CCC(C)(CN)C2)c1C.Cl. The summed E-state index contributed by atoms with van der Waals surface area (Å²) in [6.45, 7) is 11.2. The molecular formula is C15H27ClN4O. The van der Waals surface area contributed by atoms with Crippen molar-refractivity contribution in [1.29, 1.82) is 0 Å². The Kier molecular flexibility index (Phi) is 5.82. The number of rotatable bonds is 4. The van der Waals surface area contributed by atoms with Gasteiger partial charge in [-0.25, -0.2) is 0 Å². The zero-order chi connectivity index (χ0) is 14.9. The predicted octanol–water partition coefficient (Wildman–Crippen LogP) is 2.14. The standard InChI is InChI=1S/C15H26N4O.ClH/c1-5-7-19-12(3)13(11(2)17-19)14(20)18-8-6-15(4,9-16)10-18;/h5-10,16H2,1-4H3;1H. The smallest absolute Gasteiger partial charge is 0.257 e. The lowest BCUT2D eigenvalue weighted by Crippen LogP contribution is -2.34. The number of halogens is 1. The predicted molar refractivity (Wildman–Crippen MR) is 86.9 cm³/mol. The largest absolute Gasteiger partial charge is 0.338 e. The summed E-state index contributed by atoms with van der Waals surface area (Å²) < 4.78 is 1.95. The number of aromatic nitrogens is 2. The van der Waals surface area contributed by atoms with Crippen molar-refractivity contribution in [1.82, 2.24) is 14.7 Å². The number of amides is 1. The monoisotopic (exact) mass is 314 g/mol. The number of likely N-dealkylation sites (tertiary alicyclic amines) is 1. The molecule has 0 aromatic carbocycles. The van der Waals surface area contributed by atoms with E-state index in [0.717, 1.165) is 49.4 Å². The molecule has 1 aliphatic rings. The molecule has 1 aromatic rings. The van der Waals surface area contributed by atoms with Gasteiger partial charge in [0, 0.05) is 25.3 Å². The lowest BCUT2D eigenvalue weighted by Gasteiger charge is -2.22. The average Bonchev–Trinajstić information content (AvgIpc) is 2.93. The zero-order valence-corrected chi connectivity index (χ0v) is 14.3. The molecule has 2 rings (SSSR count). The molecule has 5 nitrogen and oxygen atoms in total. The number of carbonyl (C=O) groups is 1. The Balaban J connectivity index is 0.00000220. The third-order valence-corrected chi connectivity index (χ3v) is 4.37. The van der Waals surface area contributed by atoms with E-state index in [9.17, 15) is 4.79 Å². The van der Waals surface area contributed by atoms with Gasteiger partial charge in [-0.15, -0.1) is 12.4 Å². The Morgan fingerprint density at radius 2 is 2.10 bits per heavy atom. The highest BCUT2D eigenvalue weighted by molar-refractivity contribution is 5.96. The first-order valence-electron chi connectivity index (χ1n) is 7.45. The molecule has 21 heavy (non-hydrogen) atoms. The van der Waals surface area contributed by atoms with Crippen molar-refractivity contribution < 1.29 is 4.79 Å². The van der Waals surface area contributed by atoms with Crippen LogP contribution in [-0.2, 0) is 6.54 Å². The fourth-order valence-electron chi connectivity index (χ4n) is 2.96. The van der Waals surface area contributed by atoms with Gasteiger partial charge >= 0.3 is 0 Å². The van der Waals surface area contributed by atoms with Gasteiger partial charge in [-0.2, -0.15) is 5.10 Å². The number of nitrogens with zero attached hydrogens (tertiary/aromatic N) is 3. The van der Waals surface area contributed by atoms with Gasteiger partial charge < -0.3 is 10.6 Å². The van der Waals surface area contributed by atoms with Crippen molar-refractivity contribution in [3.8, 4) is 0 Å². The maximum absolute atomic E-state index is 12.7. The molecule has 1 atom stereocenters. The fourth-order valence-corrected chi connectivity index (χ4v) is 2.96. The first-order chi connectivity index (χ1) is 9.41. The molecule has 120 valence electrons. The van der Waals surface area contributed by atoms with E-state index in [1.807, 2.05) is 23.4 Å². The van der Waals surface area contributed by atoms with Crippen molar-refractivity contribution >= 4 is 18.3 Å². The van der Waals surface area contributed by atoms with Crippen LogP contribution in [0, 0.1) is 19.3 Å². The van der Waals surface area contributed by atoms with Crippen molar-refractivity contribution in [2.75, 3.05) is 19.6 Å². The van der Waals surface area contributed by atoms with E-state index in [1.54, 1.807) is 0 Å². The maximum Gasteiger partial charge on any atom is 0.257 e. The lowest BCUT2D eigenvalue weighted by atomic mass is 9.90. The quantitative estimate of drug-likeness (QED) is 0.926. The highest BCUT2D eigenvalue weighted by atomic mass is 35.5. The number of hydrogen-bond acceptors (Lipinski definition) is 3. The fraction of sp³-hybridized carbons (Fsp3) is 0.733. The second-order valence-electron chi connectivity index (χ2n) is 6.26. The van der Waals surface area contributed by atoms with Crippen molar-refractivity contribution in [3.63, 3.8) is 0 Å². The molecule has 6 heteroatoms. The number of carbonyl (C=O) groups excluding carboxylic acids is 1. The first kappa shape index (κ1) is 18.0. The molecule has 1 amide bonds. The molecule has 1 aliphatic heterocycles. The van der Waals surface area contributed by atoms with Crippen LogP contribution in [0.3, 0.4) is 0 Å². The molecule has 2 N–H and O–H groups in total. The van der Waals surface area contributed by atoms with E-state index in [1.165, 1.54) is 0 Å². The third kappa shape index (κ3) is 3.40. The van der Waals surface area contributed by atoms with Gasteiger partial charge in [0.2, 0.25) is 0 Å². The van der Waals surface area contributed by atoms with Gasteiger partial charge in [0.05, 0.1) is 11.3 Å². The summed E-state index contributed by atoms with van der Waals surface area (Å²) in [7, 11) is 0. The highest BCUT2D eigenvalue weighted by Crippen LogP contribution is 2.30. The molecular weight excluding hydrogens is 288 g/mol. The van der Waals surface area contributed by atoms with Crippen LogP contribution in [0.4, 0.5) is 0 Å². The minimum absolute atomic E-state index is 0. The summed E-state index contributed by atoms with van der Waals surface area (Å²) >= 11 is 0. The summed E-state index contributed by atoms with van der Waals surface area (Å²) in [4.78, 5) is 14.7. The van der Waals surface area contributed by atoms with Crippen LogP contribution in [0.5, 0.6) is 0 Å². The molecule has 1 unspecified atom stereocenters. The van der Waals surface area contributed by atoms with Gasteiger partial charge in [-0.1, -0.05) is 13.8 Å². The van der Waals surface area contributed by atoms with E-state index in [2.05, 4.69) is 18.9 Å². The highest BCUT2D eigenvalue weighted by Gasteiger charge is 2.36. The van der Waals surface area contributed by atoms with E-state index >= 15 is 0 Å². The Morgan fingerprint density at radius 1 is 1.43 bits per heavy atom. The maximum atomic E-state index is 12.7. The third-order valence-electron chi connectivity index (χ3n) is 4.37. The van der Waals surface area contributed by atoms with Crippen LogP contribution in [0.1, 0.15) is 48.4 Å². The van der Waals surface area contributed by atoms with Crippen molar-refractivity contribution in [2.24, 2.45) is 11.1 Å². The molecule has 0 saturated carbocycles. The van der Waals surface area contributed by atoms with E-state index < -0.39 is 0 Å². The van der Waals surface area contributed by atoms with Gasteiger partial charge in [0.1, 0.15) is 0 Å². The second kappa shape index (κ2) is 6.79. The average molecular weight is 315 g/mol. The first-order valence-corrected chi connectivity index (χ1v) is 7.45. The van der Waals surface area contributed by atoms with Crippen LogP contribution in [0.25, 0.3) is 0 Å². The molecule has 0 aliphatic carbocycles. The van der Waals surface area contributed by atoms with Crippen LogP contribution in [-0.4, -0.2) is 40.2 Å². The number of hydrogen-bond donors (Lipinski definition) is 1. The summed E-state index contributed by atoms with van der Waals surface area (Å²) in [5, 5.41) is 4.49. The lowest BCUT2D eigenvalue weighted by molar-refractivity contribution is 0.0775. The summed E-state index contributed by atoms with van der Waals surface area (Å²) in [5.41, 5.74) is 8.48. The number of aryl methyl sites for hydroxylation is 2. The molecule has 0 spiro atoms. The Bertz CT molecular complexity index is 514. The van der Waals surface area contributed by atoms with Gasteiger partial charge in [-0.3, -0.25) is 9.48 Å². The van der Waals surface area contributed by atoms with Gasteiger partial charge in [-0.05, 0) is 38.6 Å². The molecule has 0 radical (unpaired) electrons. The normalized spacial score (nSPS) is 21.5. The van der Waals surface area contributed by atoms with E-state index in [0.29, 0.717) is 6.54 Å². The minimum Gasteiger partial charge on any atom is -0.338 e. The van der Waals surface area contributed by atoms with Crippen LogP contribution in [0.15, 0.2) is 0 Å². The van der Waals surface area contributed by atoms with E-state index in [4.69, 9.17) is 5.73 Å².